The molecule has 3 aromatic rings. The van der Waals surface area contributed by atoms with Gasteiger partial charge >= 0.3 is 5.97 Å². The number of sulfonamides is 1. The van der Waals surface area contributed by atoms with E-state index in [0.29, 0.717) is 28.0 Å². The minimum Gasteiger partial charge on any atom is -0.465 e. The first-order valence-corrected chi connectivity index (χ1v) is 9.91. The zero-order chi connectivity index (χ0) is 19.1. The van der Waals surface area contributed by atoms with E-state index in [4.69, 9.17) is 9.15 Å². The number of methoxy groups -OCH3 is 1. The lowest BCUT2D eigenvalue weighted by Crippen LogP contribution is -2.13. The van der Waals surface area contributed by atoms with Gasteiger partial charge in [-0.2, -0.15) is 0 Å². The van der Waals surface area contributed by atoms with Crippen LogP contribution >= 0.6 is 15.9 Å². The molecule has 0 fully saturated rings. The molecule has 3 rings (SSSR count). The van der Waals surface area contributed by atoms with Crippen molar-refractivity contribution in [2.75, 3.05) is 11.8 Å². The summed E-state index contributed by atoms with van der Waals surface area (Å²) in [6, 6.07) is 9.58. The summed E-state index contributed by atoms with van der Waals surface area (Å²) in [6.45, 7) is 3.42. The zero-order valence-corrected chi connectivity index (χ0v) is 16.7. The Hall–Kier alpha value is -2.32. The number of nitrogens with one attached hydrogen (secondary N) is 1. The Morgan fingerprint density at radius 2 is 1.81 bits per heavy atom. The van der Waals surface area contributed by atoms with Crippen molar-refractivity contribution < 1.29 is 22.4 Å². The fourth-order valence-electron chi connectivity index (χ4n) is 2.65. The largest absolute Gasteiger partial charge is 0.465 e. The van der Waals surface area contributed by atoms with Crippen LogP contribution in [0.4, 0.5) is 5.69 Å². The van der Waals surface area contributed by atoms with Crippen molar-refractivity contribution in [3.63, 3.8) is 0 Å². The second-order valence-electron chi connectivity index (χ2n) is 5.75. The fourth-order valence-corrected chi connectivity index (χ4v) is 4.04. The number of carbonyl (C=O) groups excluding carboxylic acids is 1. The van der Waals surface area contributed by atoms with Gasteiger partial charge in [-0.15, -0.1) is 0 Å². The van der Waals surface area contributed by atoms with Crippen LogP contribution in [0.2, 0.25) is 0 Å². The highest BCUT2D eigenvalue weighted by Crippen LogP contribution is 2.32. The van der Waals surface area contributed by atoms with Crippen molar-refractivity contribution in [1.82, 2.24) is 0 Å². The fraction of sp³-hybridized carbons (Fsp3) is 0.167. The van der Waals surface area contributed by atoms with Crippen LogP contribution in [-0.4, -0.2) is 21.5 Å². The minimum atomic E-state index is -3.77. The number of ether oxygens (including phenoxy) is 1. The number of aryl methyl sites for hydroxylation is 2. The second-order valence-corrected chi connectivity index (χ2v) is 8.35. The van der Waals surface area contributed by atoms with Gasteiger partial charge in [0, 0.05) is 9.86 Å². The van der Waals surface area contributed by atoms with Gasteiger partial charge in [-0.3, -0.25) is 4.72 Å². The monoisotopic (exact) mass is 437 g/mol. The summed E-state index contributed by atoms with van der Waals surface area (Å²) < 4.78 is 39.0. The molecule has 0 amide bonds. The molecule has 0 spiro atoms. The molecule has 0 bridgehead atoms. The molecular formula is C18H16BrNO5S. The zero-order valence-electron chi connectivity index (χ0n) is 14.3. The molecule has 0 aliphatic heterocycles. The number of rotatable bonds is 4. The van der Waals surface area contributed by atoms with Crippen LogP contribution in [0.1, 0.15) is 21.7 Å². The molecule has 0 radical (unpaired) electrons. The Morgan fingerprint density at radius 1 is 1.15 bits per heavy atom. The number of hydrogen-bond donors (Lipinski definition) is 1. The van der Waals surface area contributed by atoms with Gasteiger partial charge < -0.3 is 9.15 Å². The maximum Gasteiger partial charge on any atom is 0.342 e. The lowest BCUT2D eigenvalue weighted by atomic mass is 10.1. The number of esters is 1. The van der Waals surface area contributed by atoms with E-state index in [1.165, 1.54) is 19.2 Å². The van der Waals surface area contributed by atoms with Crippen LogP contribution in [-0.2, 0) is 14.8 Å². The van der Waals surface area contributed by atoms with E-state index in [9.17, 15) is 13.2 Å². The molecule has 26 heavy (non-hydrogen) atoms. The predicted molar refractivity (Wildman–Crippen MR) is 102 cm³/mol. The molecule has 0 saturated heterocycles. The van der Waals surface area contributed by atoms with Crippen molar-refractivity contribution in [2.24, 2.45) is 0 Å². The van der Waals surface area contributed by atoms with Crippen molar-refractivity contribution >= 4 is 48.6 Å². The van der Waals surface area contributed by atoms with Crippen LogP contribution in [0, 0.1) is 13.8 Å². The standard InChI is InChI=1S/C18H16BrNO5S/c1-10-8-16-14(17(11(2)25-16)18(21)24-3)9-15(10)20-26(22,23)13-6-4-12(19)5-7-13/h4-9,20H,1-3H3. The van der Waals surface area contributed by atoms with Crippen LogP contribution in [0.25, 0.3) is 11.0 Å². The van der Waals surface area contributed by atoms with Crippen molar-refractivity contribution in [3.8, 4) is 0 Å². The average molecular weight is 438 g/mol. The molecule has 0 aliphatic rings. The Balaban J connectivity index is 2.09. The number of furan rings is 1. The normalized spacial score (nSPS) is 11.5. The van der Waals surface area contributed by atoms with E-state index in [2.05, 4.69) is 20.7 Å². The van der Waals surface area contributed by atoms with Gasteiger partial charge in [0.15, 0.2) is 0 Å². The number of hydrogen-bond acceptors (Lipinski definition) is 5. The molecule has 0 unspecified atom stereocenters. The maximum atomic E-state index is 12.6. The molecule has 136 valence electrons. The third-order valence-corrected chi connectivity index (χ3v) is 5.88. The summed E-state index contributed by atoms with van der Waals surface area (Å²) in [4.78, 5) is 12.2. The molecule has 8 heteroatoms. The number of anilines is 1. The summed E-state index contributed by atoms with van der Waals surface area (Å²) in [5, 5.41) is 0.494. The van der Waals surface area contributed by atoms with E-state index in [0.717, 1.165) is 4.47 Å². The predicted octanol–water partition coefficient (Wildman–Crippen LogP) is 4.40. The highest BCUT2D eigenvalue weighted by molar-refractivity contribution is 9.10. The quantitative estimate of drug-likeness (QED) is 0.611. The third kappa shape index (κ3) is 3.34. The highest BCUT2D eigenvalue weighted by atomic mass is 79.9. The second kappa shape index (κ2) is 6.77. The third-order valence-electron chi connectivity index (χ3n) is 3.97. The van der Waals surface area contributed by atoms with Gasteiger partial charge in [0.1, 0.15) is 16.9 Å². The van der Waals surface area contributed by atoms with E-state index in [-0.39, 0.29) is 10.5 Å². The van der Waals surface area contributed by atoms with Crippen molar-refractivity contribution in [2.45, 2.75) is 18.7 Å². The molecule has 2 aromatic carbocycles. The van der Waals surface area contributed by atoms with Crippen molar-refractivity contribution in [3.05, 3.63) is 57.8 Å². The van der Waals surface area contributed by atoms with E-state index >= 15 is 0 Å². The maximum absolute atomic E-state index is 12.6. The van der Waals surface area contributed by atoms with Crippen LogP contribution in [0.3, 0.4) is 0 Å². The van der Waals surface area contributed by atoms with Gasteiger partial charge in [-0.1, -0.05) is 15.9 Å². The van der Waals surface area contributed by atoms with E-state index in [1.807, 2.05) is 0 Å². The molecule has 1 N–H and O–H groups in total. The topological polar surface area (TPSA) is 85.6 Å². The van der Waals surface area contributed by atoms with Crippen LogP contribution in [0.5, 0.6) is 0 Å². The Morgan fingerprint density at radius 3 is 2.42 bits per heavy atom. The minimum absolute atomic E-state index is 0.136. The summed E-state index contributed by atoms with van der Waals surface area (Å²) in [7, 11) is -2.49. The lowest BCUT2D eigenvalue weighted by Gasteiger charge is -2.11. The smallest absolute Gasteiger partial charge is 0.342 e. The van der Waals surface area contributed by atoms with Gasteiger partial charge in [-0.25, -0.2) is 13.2 Å². The molecule has 0 atom stereocenters. The van der Waals surface area contributed by atoms with Crippen molar-refractivity contribution in [1.29, 1.82) is 0 Å². The lowest BCUT2D eigenvalue weighted by molar-refractivity contribution is 0.0600. The first kappa shape index (κ1) is 18.5. The number of fused-ring (bicyclic) bond motifs is 1. The molecule has 1 aromatic heterocycles. The average Bonchev–Trinajstić information content (AvgIpc) is 2.89. The molecule has 1 heterocycles. The van der Waals surface area contributed by atoms with E-state index < -0.39 is 16.0 Å². The van der Waals surface area contributed by atoms with Gasteiger partial charge in [0.25, 0.3) is 10.0 Å². The number of carbonyl (C=O) groups is 1. The number of benzene rings is 2. The van der Waals surface area contributed by atoms with Gasteiger partial charge in [0.05, 0.1) is 17.7 Å². The van der Waals surface area contributed by atoms with Gasteiger partial charge in [0.2, 0.25) is 0 Å². The van der Waals surface area contributed by atoms with Crippen LogP contribution in [0.15, 0.2) is 50.2 Å². The Labute approximate surface area is 159 Å². The Bertz CT molecular complexity index is 1100. The first-order valence-electron chi connectivity index (χ1n) is 7.63. The molecule has 0 aliphatic carbocycles. The van der Waals surface area contributed by atoms with Gasteiger partial charge in [-0.05, 0) is 55.8 Å². The summed E-state index contributed by atoms with van der Waals surface area (Å²) in [5.74, 6) is -0.119. The summed E-state index contributed by atoms with van der Waals surface area (Å²) in [6.07, 6.45) is 0. The van der Waals surface area contributed by atoms with Crippen LogP contribution < -0.4 is 4.72 Å². The highest BCUT2D eigenvalue weighted by Gasteiger charge is 2.22. The Kier molecular flexibility index (Phi) is 4.81. The van der Waals surface area contributed by atoms with E-state index in [1.54, 1.807) is 38.1 Å². The molecule has 0 saturated carbocycles. The molecule has 6 nitrogen and oxygen atoms in total. The molecular weight excluding hydrogens is 422 g/mol. The SMILES string of the molecule is COC(=O)c1c(C)oc2cc(C)c(NS(=O)(=O)c3ccc(Br)cc3)cc12. The first-order chi connectivity index (χ1) is 12.2. The summed E-state index contributed by atoms with van der Waals surface area (Å²) in [5.41, 5.74) is 1.81. The summed E-state index contributed by atoms with van der Waals surface area (Å²) >= 11 is 3.28. The number of halogens is 1.